The third kappa shape index (κ3) is 4.98. The van der Waals surface area contributed by atoms with Crippen molar-refractivity contribution in [1.82, 2.24) is 15.0 Å². The molecule has 1 aliphatic rings. The lowest BCUT2D eigenvalue weighted by Gasteiger charge is -2.26. The highest BCUT2D eigenvalue weighted by Gasteiger charge is 2.16. The van der Waals surface area contributed by atoms with Gasteiger partial charge in [0, 0.05) is 19.6 Å². The first-order chi connectivity index (χ1) is 10.2. The Labute approximate surface area is 127 Å². The van der Waals surface area contributed by atoms with Crippen molar-refractivity contribution in [3.05, 3.63) is 5.28 Å². The number of esters is 1. The van der Waals surface area contributed by atoms with Gasteiger partial charge in [0.2, 0.25) is 17.2 Å². The Hall–Kier alpha value is -1.67. The number of ether oxygens (including phenoxy) is 2. The van der Waals surface area contributed by atoms with Crippen molar-refractivity contribution in [3.8, 4) is 0 Å². The molecular weight excluding hydrogens is 298 g/mol. The van der Waals surface area contributed by atoms with Crippen molar-refractivity contribution in [2.75, 3.05) is 49.7 Å². The van der Waals surface area contributed by atoms with Crippen LogP contribution in [0.2, 0.25) is 5.28 Å². The van der Waals surface area contributed by atoms with E-state index in [9.17, 15) is 4.79 Å². The first-order valence-electron chi connectivity index (χ1n) is 6.83. The van der Waals surface area contributed by atoms with Gasteiger partial charge in [-0.2, -0.15) is 15.0 Å². The largest absolute Gasteiger partial charge is 0.466 e. The molecule has 0 aliphatic carbocycles. The number of nitrogens with one attached hydrogen (secondary N) is 1. The van der Waals surface area contributed by atoms with Crippen LogP contribution in [0.4, 0.5) is 11.9 Å². The standard InChI is InChI=1S/C12H18ClN5O3/c1-2-21-9(19)3-4-14-11-15-10(13)16-12(17-11)18-5-7-20-8-6-18/h2-8H2,1H3,(H,14,15,16,17). The van der Waals surface area contributed by atoms with Crippen molar-refractivity contribution < 1.29 is 14.3 Å². The summed E-state index contributed by atoms with van der Waals surface area (Å²) in [4.78, 5) is 25.6. The SMILES string of the molecule is CCOC(=O)CCNc1nc(Cl)nc(N2CCOCC2)n1. The highest BCUT2D eigenvalue weighted by molar-refractivity contribution is 6.28. The van der Waals surface area contributed by atoms with Gasteiger partial charge in [0.25, 0.3) is 0 Å². The summed E-state index contributed by atoms with van der Waals surface area (Å²) in [5.74, 6) is 0.594. The van der Waals surface area contributed by atoms with E-state index in [1.165, 1.54) is 0 Å². The Morgan fingerprint density at radius 3 is 2.86 bits per heavy atom. The van der Waals surface area contributed by atoms with Crippen LogP contribution >= 0.6 is 11.6 Å². The zero-order valence-electron chi connectivity index (χ0n) is 11.8. The van der Waals surface area contributed by atoms with E-state index in [4.69, 9.17) is 21.1 Å². The summed E-state index contributed by atoms with van der Waals surface area (Å²) in [6.45, 7) is 5.21. The molecule has 21 heavy (non-hydrogen) atoms. The predicted molar refractivity (Wildman–Crippen MR) is 77.6 cm³/mol. The fourth-order valence-corrected chi connectivity index (χ4v) is 1.99. The van der Waals surface area contributed by atoms with Gasteiger partial charge in [-0.25, -0.2) is 0 Å². The van der Waals surface area contributed by atoms with E-state index < -0.39 is 0 Å². The minimum Gasteiger partial charge on any atom is -0.466 e. The van der Waals surface area contributed by atoms with Crippen LogP contribution in [0.25, 0.3) is 0 Å². The summed E-state index contributed by atoms with van der Waals surface area (Å²) in [5, 5.41) is 3.06. The molecular formula is C12H18ClN5O3. The lowest BCUT2D eigenvalue weighted by atomic mass is 10.4. The van der Waals surface area contributed by atoms with Gasteiger partial charge in [0.15, 0.2) is 0 Å². The predicted octanol–water partition coefficient (Wildman–Crippen LogP) is 0.727. The maximum atomic E-state index is 11.3. The third-order valence-corrected chi connectivity index (χ3v) is 2.98. The first-order valence-corrected chi connectivity index (χ1v) is 7.20. The first kappa shape index (κ1) is 15.7. The molecule has 0 aromatic carbocycles. The number of carbonyl (C=O) groups excluding carboxylic acids is 1. The number of morpholine rings is 1. The van der Waals surface area contributed by atoms with Gasteiger partial charge in [-0.1, -0.05) is 0 Å². The maximum absolute atomic E-state index is 11.3. The fraction of sp³-hybridized carbons (Fsp3) is 0.667. The molecule has 0 atom stereocenters. The fourth-order valence-electron chi connectivity index (χ4n) is 1.83. The molecule has 9 heteroatoms. The Bertz CT molecular complexity index is 482. The smallest absolute Gasteiger partial charge is 0.307 e. The topological polar surface area (TPSA) is 89.5 Å². The van der Waals surface area contributed by atoms with Crippen LogP contribution < -0.4 is 10.2 Å². The number of hydrogen-bond acceptors (Lipinski definition) is 8. The lowest BCUT2D eigenvalue weighted by molar-refractivity contribution is -0.142. The number of rotatable bonds is 6. The second kappa shape index (κ2) is 7.94. The van der Waals surface area contributed by atoms with Crippen molar-refractivity contribution in [2.45, 2.75) is 13.3 Å². The summed E-state index contributed by atoms with van der Waals surface area (Å²) < 4.78 is 10.1. The molecule has 0 radical (unpaired) electrons. The molecule has 1 fully saturated rings. The van der Waals surface area contributed by atoms with Gasteiger partial charge in [-0.15, -0.1) is 0 Å². The molecule has 1 aromatic rings. The van der Waals surface area contributed by atoms with Crippen molar-refractivity contribution >= 4 is 29.5 Å². The van der Waals surface area contributed by atoms with Gasteiger partial charge in [-0.3, -0.25) is 4.79 Å². The average Bonchev–Trinajstić information content (AvgIpc) is 2.48. The van der Waals surface area contributed by atoms with E-state index in [0.717, 1.165) is 0 Å². The molecule has 8 nitrogen and oxygen atoms in total. The second-order valence-corrected chi connectivity index (χ2v) is 4.65. The molecule has 2 heterocycles. The molecule has 0 unspecified atom stereocenters. The van der Waals surface area contributed by atoms with Gasteiger partial charge in [0.1, 0.15) is 0 Å². The molecule has 1 aromatic heterocycles. The number of halogens is 1. The quantitative estimate of drug-likeness (QED) is 0.768. The minimum atomic E-state index is -0.265. The third-order valence-electron chi connectivity index (χ3n) is 2.81. The molecule has 116 valence electrons. The van der Waals surface area contributed by atoms with Gasteiger partial charge in [-0.05, 0) is 18.5 Å². The van der Waals surface area contributed by atoms with E-state index in [1.54, 1.807) is 6.92 Å². The molecule has 0 saturated carbocycles. The van der Waals surface area contributed by atoms with Crippen molar-refractivity contribution in [2.24, 2.45) is 0 Å². The number of aromatic nitrogens is 3. The Kier molecular flexibility index (Phi) is 5.94. The summed E-state index contributed by atoms with van der Waals surface area (Å²) >= 11 is 5.91. The number of hydrogen-bond donors (Lipinski definition) is 1. The normalized spacial score (nSPS) is 14.9. The Morgan fingerprint density at radius 2 is 2.14 bits per heavy atom. The molecule has 1 saturated heterocycles. The summed E-state index contributed by atoms with van der Waals surface area (Å²) in [6, 6.07) is 0. The maximum Gasteiger partial charge on any atom is 0.307 e. The van der Waals surface area contributed by atoms with Crippen LogP contribution in [0, 0.1) is 0 Å². The van der Waals surface area contributed by atoms with E-state index in [-0.39, 0.29) is 17.7 Å². The van der Waals surface area contributed by atoms with Crippen LogP contribution in [-0.4, -0.2) is 60.4 Å². The van der Waals surface area contributed by atoms with E-state index in [2.05, 4.69) is 20.3 Å². The molecule has 1 aliphatic heterocycles. The van der Waals surface area contributed by atoms with Crippen LogP contribution in [0.15, 0.2) is 0 Å². The average molecular weight is 316 g/mol. The summed E-state index contributed by atoms with van der Waals surface area (Å²) in [7, 11) is 0. The van der Waals surface area contributed by atoms with Crippen molar-refractivity contribution in [1.29, 1.82) is 0 Å². The monoisotopic (exact) mass is 315 g/mol. The van der Waals surface area contributed by atoms with Gasteiger partial charge in [0.05, 0.1) is 26.2 Å². The minimum absolute atomic E-state index is 0.116. The van der Waals surface area contributed by atoms with Crippen LogP contribution in [0.1, 0.15) is 13.3 Å². The highest BCUT2D eigenvalue weighted by atomic mass is 35.5. The Balaban J connectivity index is 1.93. The molecule has 2 rings (SSSR count). The van der Waals surface area contributed by atoms with Gasteiger partial charge < -0.3 is 19.7 Å². The van der Waals surface area contributed by atoms with Gasteiger partial charge >= 0.3 is 5.97 Å². The van der Waals surface area contributed by atoms with E-state index in [0.29, 0.717) is 51.4 Å². The zero-order chi connectivity index (χ0) is 15.1. The van der Waals surface area contributed by atoms with E-state index >= 15 is 0 Å². The molecule has 0 spiro atoms. The highest BCUT2D eigenvalue weighted by Crippen LogP contribution is 2.15. The lowest BCUT2D eigenvalue weighted by Crippen LogP contribution is -2.37. The molecule has 1 N–H and O–H groups in total. The van der Waals surface area contributed by atoms with Crippen molar-refractivity contribution in [3.63, 3.8) is 0 Å². The van der Waals surface area contributed by atoms with Crippen LogP contribution in [0.5, 0.6) is 0 Å². The molecule has 0 bridgehead atoms. The second-order valence-electron chi connectivity index (χ2n) is 4.31. The van der Waals surface area contributed by atoms with E-state index in [1.807, 2.05) is 4.90 Å². The summed E-state index contributed by atoms with van der Waals surface area (Å²) in [6.07, 6.45) is 0.240. The number of carbonyl (C=O) groups is 1. The van der Waals surface area contributed by atoms with Crippen LogP contribution in [0.3, 0.4) is 0 Å². The summed E-state index contributed by atoms with van der Waals surface area (Å²) in [5.41, 5.74) is 0. The zero-order valence-corrected chi connectivity index (χ0v) is 12.6. The molecule has 0 amide bonds. The van der Waals surface area contributed by atoms with Crippen LogP contribution in [-0.2, 0) is 14.3 Å². The number of nitrogens with zero attached hydrogens (tertiary/aromatic N) is 4. The Morgan fingerprint density at radius 1 is 1.38 bits per heavy atom. The number of anilines is 2.